The largest absolute Gasteiger partial charge is 0.446 e. The maximum absolute atomic E-state index is 12.2. The number of rotatable bonds is 8. The fraction of sp³-hybridized carbons (Fsp3) is 0.421. The van der Waals surface area contributed by atoms with Gasteiger partial charge >= 0.3 is 6.09 Å². The van der Waals surface area contributed by atoms with Gasteiger partial charge in [0, 0.05) is 5.56 Å². The van der Waals surface area contributed by atoms with E-state index in [1.165, 1.54) is 12.8 Å². The van der Waals surface area contributed by atoms with E-state index in [4.69, 9.17) is 4.74 Å². The highest BCUT2D eigenvalue weighted by Crippen LogP contribution is 2.29. The van der Waals surface area contributed by atoms with E-state index in [0.717, 1.165) is 36.1 Å². The van der Waals surface area contributed by atoms with Gasteiger partial charge < -0.3 is 4.74 Å². The number of hydrogen-bond donors (Lipinski definition) is 1. The van der Waals surface area contributed by atoms with Gasteiger partial charge in [0.05, 0.1) is 5.69 Å². The molecule has 1 aromatic heterocycles. The van der Waals surface area contributed by atoms with Crippen molar-refractivity contribution >= 4 is 23.1 Å². The third-order valence-electron chi connectivity index (χ3n) is 3.85. The standard InChI is InChI=1S/C19H25NO2S/c1-3-5-6-9-16(4-2)22-19(21)20-18-11-8-7-10-17(18)15-12-13-23-14-15/h7-8,10-14,16H,3-6,9H2,1-2H3,(H,20,21). The Morgan fingerprint density at radius 3 is 2.74 bits per heavy atom. The van der Waals surface area contributed by atoms with Crippen molar-refractivity contribution in [3.63, 3.8) is 0 Å². The number of carbonyl (C=O) groups is 1. The first-order chi connectivity index (χ1) is 11.2. The summed E-state index contributed by atoms with van der Waals surface area (Å²) >= 11 is 1.64. The van der Waals surface area contributed by atoms with Crippen molar-refractivity contribution in [3.8, 4) is 11.1 Å². The van der Waals surface area contributed by atoms with Crippen molar-refractivity contribution in [2.24, 2.45) is 0 Å². The molecule has 0 spiro atoms. The topological polar surface area (TPSA) is 38.3 Å². The molecule has 2 rings (SSSR count). The Kier molecular flexibility index (Phi) is 7.14. The predicted molar refractivity (Wildman–Crippen MR) is 98.1 cm³/mol. The van der Waals surface area contributed by atoms with E-state index in [2.05, 4.69) is 30.6 Å². The molecule has 1 amide bonds. The zero-order valence-electron chi connectivity index (χ0n) is 13.9. The molecule has 0 fully saturated rings. The van der Waals surface area contributed by atoms with Crippen molar-refractivity contribution < 1.29 is 9.53 Å². The van der Waals surface area contributed by atoms with Gasteiger partial charge in [-0.3, -0.25) is 5.32 Å². The van der Waals surface area contributed by atoms with Crippen molar-refractivity contribution in [2.75, 3.05) is 5.32 Å². The lowest BCUT2D eigenvalue weighted by Gasteiger charge is -2.17. The first-order valence-corrected chi connectivity index (χ1v) is 9.28. The van der Waals surface area contributed by atoms with E-state index in [1.54, 1.807) is 11.3 Å². The van der Waals surface area contributed by atoms with E-state index in [-0.39, 0.29) is 12.2 Å². The molecule has 0 aliphatic carbocycles. The second-order valence-electron chi connectivity index (χ2n) is 5.61. The van der Waals surface area contributed by atoms with Crippen molar-refractivity contribution in [1.82, 2.24) is 0 Å². The van der Waals surface area contributed by atoms with E-state index in [1.807, 2.05) is 29.6 Å². The molecule has 0 saturated carbocycles. The number of anilines is 1. The molecule has 23 heavy (non-hydrogen) atoms. The minimum absolute atomic E-state index is 0.00476. The molecule has 0 aliphatic rings. The van der Waals surface area contributed by atoms with Crippen LogP contribution < -0.4 is 5.32 Å². The number of ether oxygens (including phenoxy) is 1. The van der Waals surface area contributed by atoms with Gasteiger partial charge in [-0.1, -0.05) is 44.9 Å². The third kappa shape index (κ3) is 5.39. The minimum Gasteiger partial charge on any atom is -0.446 e. The summed E-state index contributed by atoms with van der Waals surface area (Å²) in [4.78, 5) is 12.2. The number of para-hydroxylation sites is 1. The van der Waals surface area contributed by atoms with E-state index >= 15 is 0 Å². The van der Waals surface area contributed by atoms with E-state index in [9.17, 15) is 4.79 Å². The summed E-state index contributed by atoms with van der Waals surface area (Å²) in [5.74, 6) is 0. The van der Waals surface area contributed by atoms with Crippen LogP contribution in [0.15, 0.2) is 41.1 Å². The molecule has 0 bridgehead atoms. The monoisotopic (exact) mass is 331 g/mol. The molecule has 4 heteroatoms. The Morgan fingerprint density at radius 1 is 1.22 bits per heavy atom. The van der Waals surface area contributed by atoms with Gasteiger partial charge in [-0.15, -0.1) is 0 Å². The van der Waals surface area contributed by atoms with Gasteiger partial charge in [0.15, 0.2) is 0 Å². The highest BCUT2D eigenvalue weighted by Gasteiger charge is 2.14. The Balaban J connectivity index is 1.97. The van der Waals surface area contributed by atoms with Crippen LogP contribution in [0.4, 0.5) is 10.5 Å². The van der Waals surface area contributed by atoms with E-state index in [0.29, 0.717) is 0 Å². The molecule has 1 heterocycles. The zero-order valence-corrected chi connectivity index (χ0v) is 14.7. The van der Waals surface area contributed by atoms with Gasteiger partial charge in [-0.25, -0.2) is 4.79 Å². The number of amides is 1. The molecule has 0 aliphatic heterocycles. The zero-order chi connectivity index (χ0) is 16.5. The van der Waals surface area contributed by atoms with Crippen molar-refractivity contribution in [3.05, 3.63) is 41.1 Å². The lowest BCUT2D eigenvalue weighted by atomic mass is 10.1. The molecule has 1 atom stereocenters. The van der Waals surface area contributed by atoms with Gasteiger partial charge in [0.2, 0.25) is 0 Å². The van der Waals surface area contributed by atoms with Crippen LogP contribution in [0.3, 0.4) is 0 Å². The second kappa shape index (κ2) is 9.36. The summed E-state index contributed by atoms with van der Waals surface area (Å²) < 4.78 is 5.58. The van der Waals surface area contributed by atoms with Crippen LogP contribution in [-0.2, 0) is 4.74 Å². The smallest absolute Gasteiger partial charge is 0.411 e. The summed E-state index contributed by atoms with van der Waals surface area (Å²) in [7, 11) is 0. The molecule has 0 radical (unpaired) electrons. The Morgan fingerprint density at radius 2 is 2.04 bits per heavy atom. The van der Waals surface area contributed by atoms with Crippen LogP contribution in [0.25, 0.3) is 11.1 Å². The third-order valence-corrected chi connectivity index (χ3v) is 4.54. The van der Waals surface area contributed by atoms with Gasteiger partial charge in [0.25, 0.3) is 0 Å². The maximum Gasteiger partial charge on any atom is 0.411 e. The first kappa shape index (κ1) is 17.5. The average molecular weight is 331 g/mol. The van der Waals surface area contributed by atoms with Crippen molar-refractivity contribution in [2.45, 2.75) is 52.1 Å². The highest BCUT2D eigenvalue weighted by molar-refractivity contribution is 7.08. The summed E-state index contributed by atoms with van der Waals surface area (Å²) in [6, 6.07) is 9.87. The molecule has 1 N–H and O–H groups in total. The summed E-state index contributed by atoms with van der Waals surface area (Å²) in [6.45, 7) is 4.24. The Bertz CT molecular complexity index is 595. The van der Waals surface area contributed by atoms with Crippen LogP contribution in [0, 0.1) is 0 Å². The van der Waals surface area contributed by atoms with Gasteiger partial charge in [-0.2, -0.15) is 11.3 Å². The average Bonchev–Trinajstić information content (AvgIpc) is 3.09. The molecule has 1 unspecified atom stereocenters. The van der Waals surface area contributed by atoms with Gasteiger partial charge in [0.1, 0.15) is 6.10 Å². The van der Waals surface area contributed by atoms with Gasteiger partial charge in [-0.05, 0) is 47.7 Å². The second-order valence-corrected chi connectivity index (χ2v) is 6.39. The van der Waals surface area contributed by atoms with Crippen LogP contribution in [0.1, 0.15) is 46.0 Å². The molecule has 2 aromatic rings. The van der Waals surface area contributed by atoms with Crippen LogP contribution in [0.2, 0.25) is 0 Å². The quantitative estimate of drug-likeness (QED) is 0.575. The SMILES string of the molecule is CCCCCC(CC)OC(=O)Nc1ccccc1-c1ccsc1. The molecule has 1 aromatic carbocycles. The Hall–Kier alpha value is -1.81. The summed E-state index contributed by atoms with van der Waals surface area (Å²) in [5, 5.41) is 7.01. The first-order valence-electron chi connectivity index (χ1n) is 8.33. The number of carbonyl (C=O) groups excluding carboxylic acids is 1. The minimum atomic E-state index is -0.365. The number of hydrogen-bond acceptors (Lipinski definition) is 3. The van der Waals surface area contributed by atoms with Crippen LogP contribution in [-0.4, -0.2) is 12.2 Å². The molecular formula is C19H25NO2S. The predicted octanol–water partition coefficient (Wildman–Crippen LogP) is 6.32. The molecule has 124 valence electrons. The normalized spacial score (nSPS) is 11.9. The Labute approximate surface area is 142 Å². The number of unbranched alkanes of at least 4 members (excludes halogenated alkanes) is 2. The van der Waals surface area contributed by atoms with Crippen molar-refractivity contribution in [1.29, 1.82) is 0 Å². The molecule has 3 nitrogen and oxygen atoms in total. The van der Waals surface area contributed by atoms with E-state index < -0.39 is 0 Å². The fourth-order valence-corrected chi connectivity index (χ4v) is 3.18. The summed E-state index contributed by atoms with van der Waals surface area (Å²) in [5.41, 5.74) is 2.92. The summed E-state index contributed by atoms with van der Waals surface area (Å²) in [6.07, 6.45) is 4.88. The molecule has 0 saturated heterocycles. The van der Waals surface area contributed by atoms with Crippen LogP contribution >= 0.6 is 11.3 Å². The number of thiophene rings is 1. The number of nitrogens with one attached hydrogen (secondary N) is 1. The lowest BCUT2D eigenvalue weighted by molar-refractivity contribution is 0.101. The highest BCUT2D eigenvalue weighted by atomic mass is 32.1. The molecular weight excluding hydrogens is 306 g/mol. The van der Waals surface area contributed by atoms with Crippen LogP contribution in [0.5, 0.6) is 0 Å². The number of benzene rings is 1. The maximum atomic E-state index is 12.2. The fourth-order valence-electron chi connectivity index (χ4n) is 2.52. The lowest BCUT2D eigenvalue weighted by Crippen LogP contribution is -2.22.